The molecule has 2 heterocycles. The van der Waals surface area contributed by atoms with Crippen LogP contribution in [0.5, 0.6) is 0 Å². The van der Waals surface area contributed by atoms with Crippen molar-refractivity contribution in [2.75, 3.05) is 25.0 Å². The Bertz CT molecular complexity index is 425. The van der Waals surface area contributed by atoms with Crippen molar-refractivity contribution in [1.82, 2.24) is 20.0 Å². The van der Waals surface area contributed by atoms with Crippen LogP contribution in [0, 0.1) is 0 Å². The first-order valence-corrected chi connectivity index (χ1v) is 7.54. The van der Waals surface area contributed by atoms with E-state index in [2.05, 4.69) is 27.6 Å². The molecule has 2 amide bonds. The number of likely N-dealkylation sites (tertiary alicyclic amines) is 1. The number of aryl methyl sites for hydroxylation is 1. The molecule has 0 unspecified atom stereocenters. The third-order valence-electron chi connectivity index (χ3n) is 3.84. The van der Waals surface area contributed by atoms with Gasteiger partial charge in [-0.2, -0.15) is 5.10 Å². The fourth-order valence-corrected chi connectivity index (χ4v) is 2.63. The molecule has 1 saturated heterocycles. The van der Waals surface area contributed by atoms with Crippen molar-refractivity contribution >= 4 is 11.7 Å². The van der Waals surface area contributed by atoms with E-state index in [1.807, 2.05) is 13.1 Å². The molecule has 0 aromatic carbocycles. The quantitative estimate of drug-likeness (QED) is 0.836. The number of nitrogens with zero attached hydrogens (tertiary/aromatic N) is 3. The third-order valence-corrected chi connectivity index (χ3v) is 3.84. The molecular formula is C14H25N5O. The number of urea groups is 1. The molecule has 0 radical (unpaired) electrons. The van der Waals surface area contributed by atoms with Gasteiger partial charge < -0.3 is 10.6 Å². The highest BCUT2D eigenvalue weighted by atomic mass is 16.2. The first-order chi connectivity index (χ1) is 9.72. The molecule has 112 valence electrons. The molecule has 1 aromatic heterocycles. The van der Waals surface area contributed by atoms with Crippen molar-refractivity contribution in [3.63, 3.8) is 0 Å². The average molecular weight is 279 g/mol. The Balaban J connectivity index is 1.75. The maximum absolute atomic E-state index is 11.9. The van der Waals surface area contributed by atoms with Crippen molar-refractivity contribution in [1.29, 1.82) is 0 Å². The van der Waals surface area contributed by atoms with E-state index in [1.165, 1.54) is 12.8 Å². The number of amides is 2. The standard InChI is InChI=1S/C14H25N5O/c1-3-13(18-7-5-6-8-18)10-15-14(20)17-12-9-16-19(4-2)11-12/h9,11,13H,3-8,10H2,1-2H3,(H2,15,17,20)/t13-/m0/s1. The molecule has 20 heavy (non-hydrogen) atoms. The van der Waals surface area contributed by atoms with Gasteiger partial charge in [0.1, 0.15) is 0 Å². The summed E-state index contributed by atoms with van der Waals surface area (Å²) < 4.78 is 1.79. The van der Waals surface area contributed by atoms with Gasteiger partial charge >= 0.3 is 6.03 Å². The van der Waals surface area contributed by atoms with Crippen LogP contribution in [0.15, 0.2) is 12.4 Å². The molecule has 6 nitrogen and oxygen atoms in total. The lowest BCUT2D eigenvalue weighted by molar-refractivity contribution is 0.222. The van der Waals surface area contributed by atoms with Crippen LogP contribution in [-0.4, -0.2) is 46.4 Å². The van der Waals surface area contributed by atoms with Crippen LogP contribution in [0.3, 0.4) is 0 Å². The zero-order chi connectivity index (χ0) is 14.4. The predicted octanol–water partition coefficient (Wildman–Crippen LogP) is 1.90. The van der Waals surface area contributed by atoms with Gasteiger partial charge in [0.15, 0.2) is 0 Å². The minimum Gasteiger partial charge on any atom is -0.336 e. The lowest BCUT2D eigenvalue weighted by Gasteiger charge is -2.26. The van der Waals surface area contributed by atoms with Gasteiger partial charge in [-0.25, -0.2) is 4.79 Å². The van der Waals surface area contributed by atoms with Gasteiger partial charge in [-0.05, 0) is 39.3 Å². The molecule has 0 saturated carbocycles. The summed E-state index contributed by atoms with van der Waals surface area (Å²) in [5, 5.41) is 9.90. The molecule has 1 atom stereocenters. The van der Waals surface area contributed by atoms with Crippen LogP contribution < -0.4 is 10.6 Å². The van der Waals surface area contributed by atoms with Crippen molar-refractivity contribution < 1.29 is 4.79 Å². The van der Waals surface area contributed by atoms with Gasteiger partial charge in [-0.1, -0.05) is 6.92 Å². The molecule has 1 fully saturated rings. The molecule has 1 aliphatic rings. The first-order valence-electron chi connectivity index (χ1n) is 7.54. The van der Waals surface area contributed by atoms with E-state index < -0.39 is 0 Å². The minimum atomic E-state index is -0.154. The SMILES string of the molecule is CC[C@@H](CNC(=O)Nc1cnn(CC)c1)N1CCCC1. The fraction of sp³-hybridized carbons (Fsp3) is 0.714. The van der Waals surface area contributed by atoms with E-state index >= 15 is 0 Å². The lowest BCUT2D eigenvalue weighted by Crippen LogP contribution is -2.43. The number of hydrogen-bond donors (Lipinski definition) is 2. The van der Waals surface area contributed by atoms with Crippen LogP contribution in [0.1, 0.15) is 33.1 Å². The highest BCUT2D eigenvalue weighted by Gasteiger charge is 2.20. The Morgan fingerprint density at radius 1 is 1.40 bits per heavy atom. The van der Waals surface area contributed by atoms with E-state index in [9.17, 15) is 4.79 Å². The summed E-state index contributed by atoms with van der Waals surface area (Å²) in [6.45, 7) is 8.00. The second-order valence-corrected chi connectivity index (χ2v) is 5.22. The molecule has 6 heteroatoms. The number of carbonyl (C=O) groups is 1. The summed E-state index contributed by atoms with van der Waals surface area (Å²) in [6, 6.07) is 0.292. The smallest absolute Gasteiger partial charge is 0.319 e. The summed E-state index contributed by atoms with van der Waals surface area (Å²) >= 11 is 0. The number of hydrogen-bond acceptors (Lipinski definition) is 3. The highest BCUT2D eigenvalue weighted by Crippen LogP contribution is 2.13. The maximum Gasteiger partial charge on any atom is 0.319 e. The summed E-state index contributed by atoms with van der Waals surface area (Å²) in [5.74, 6) is 0. The van der Waals surface area contributed by atoms with E-state index in [4.69, 9.17) is 0 Å². The number of rotatable bonds is 6. The zero-order valence-electron chi connectivity index (χ0n) is 12.4. The summed E-state index contributed by atoms with van der Waals surface area (Å²) in [6.07, 6.45) is 7.12. The summed E-state index contributed by atoms with van der Waals surface area (Å²) in [4.78, 5) is 14.3. The Labute approximate surface area is 120 Å². The maximum atomic E-state index is 11.9. The summed E-state index contributed by atoms with van der Waals surface area (Å²) in [7, 11) is 0. The average Bonchev–Trinajstić information content (AvgIpc) is 3.11. The van der Waals surface area contributed by atoms with Crippen molar-refractivity contribution in [2.45, 2.75) is 45.7 Å². The monoisotopic (exact) mass is 279 g/mol. The number of aromatic nitrogens is 2. The normalized spacial score (nSPS) is 17.1. The topological polar surface area (TPSA) is 62.2 Å². The molecule has 2 N–H and O–H groups in total. The molecule has 1 aliphatic heterocycles. The van der Waals surface area contributed by atoms with E-state index in [0.717, 1.165) is 31.7 Å². The van der Waals surface area contributed by atoms with Crippen molar-refractivity contribution in [3.8, 4) is 0 Å². The van der Waals surface area contributed by atoms with Gasteiger partial charge in [-0.3, -0.25) is 9.58 Å². The van der Waals surface area contributed by atoms with Crippen LogP contribution in [-0.2, 0) is 6.54 Å². The van der Waals surface area contributed by atoms with Crippen LogP contribution in [0.25, 0.3) is 0 Å². The molecular weight excluding hydrogens is 254 g/mol. The molecule has 1 aromatic rings. The lowest BCUT2D eigenvalue weighted by atomic mass is 10.2. The van der Waals surface area contributed by atoms with Crippen LogP contribution in [0.4, 0.5) is 10.5 Å². The van der Waals surface area contributed by atoms with E-state index in [1.54, 1.807) is 10.9 Å². The van der Waals surface area contributed by atoms with Gasteiger partial charge in [0.2, 0.25) is 0 Å². The second-order valence-electron chi connectivity index (χ2n) is 5.22. The Kier molecular flexibility index (Phi) is 5.40. The Hall–Kier alpha value is -1.56. The van der Waals surface area contributed by atoms with Crippen molar-refractivity contribution in [2.24, 2.45) is 0 Å². The van der Waals surface area contributed by atoms with E-state index in [0.29, 0.717) is 12.6 Å². The molecule has 2 rings (SSSR count). The molecule has 0 aliphatic carbocycles. The van der Waals surface area contributed by atoms with Gasteiger partial charge in [0, 0.05) is 25.3 Å². The minimum absolute atomic E-state index is 0.154. The van der Waals surface area contributed by atoms with Gasteiger partial charge in [0.25, 0.3) is 0 Å². The predicted molar refractivity (Wildman–Crippen MR) is 79.8 cm³/mol. The van der Waals surface area contributed by atoms with Gasteiger partial charge in [0.05, 0.1) is 11.9 Å². The van der Waals surface area contributed by atoms with Crippen LogP contribution >= 0.6 is 0 Å². The van der Waals surface area contributed by atoms with E-state index in [-0.39, 0.29) is 6.03 Å². The fourth-order valence-electron chi connectivity index (χ4n) is 2.63. The third kappa shape index (κ3) is 3.96. The second kappa shape index (κ2) is 7.28. The molecule has 0 bridgehead atoms. The zero-order valence-corrected chi connectivity index (χ0v) is 12.4. The summed E-state index contributed by atoms with van der Waals surface area (Å²) in [5.41, 5.74) is 0.735. The van der Waals surface area contributed by atoms with Gasteiger partial charge in [-0.15, -0.1) is 0 Å². The van der Waals surface area contributed by atoms with Crippen molar-refractivity contribution in [3.05, 3.63) is 12.4 Å². The van der Waals surface area contributed by atoms with Crippen LogP contribution in [0.2, 0.25) is 0 Å². The highest BCUT2D eigenvalue weighted by molar-refractivity contribution is 5.88. The number of carbonyl (C=O) groups excluding carboxylic acids is 1. The Morgan fingerprint density at radius 3 is 2.75 bits per heavy atom. The number of nitrogens with one attached hydrogen (secondary N) is 2. The first kappa shape index (κ1) is 14.8. The Morgan fingerprint density at radius 2 is 2.15 bits per heavy atom. The largest absolute Gasteiger partial charge is 0.336 e. The number of anilines is 1. The molecule has 0 spiro atoms.